The van der Waals surface area contributed by atoms with Gasteiger partial charge in [0.25, 0.3) is 5.91 Å². The van der Waals surface area contributed by atoms with Crippen molar-refractivity contribution in [2.45, 2.75) is 59.7 Å². The van der Waals surface area contributed by atoms with E-state index in [9.17, 15) is 18.0 Å². The third kappa shape index (κ3) is 7.71. The number of nitrogens with two attached hydrogens (primary N) is 1. The topological polar surface area (TPSA) is 76.2 Å². The number of anilines is 2. The van der Waals surface area contributed by atoms with Gasteiger partial charge in [0.15, 0.2) is 0 Å². The zero-order chi connectivity index (χ0) is 27.2. The van der Waals surface area contributed by atoms with Crippen molar-refractivity contribution < 1.29 is 18.0 Å². The Morgan fingerprint density at radius 2 is 1.65 bits per heavy atom. The first-order valence-electron chi connectivity index (χ1n) is 12.9. The Kier molecular flexibility index (Phi) is 9.59. The van der Waals surface area contributed by atoms with Crippen molar-refractivity contribution in [3.05, 3.63) is 53.6 Å². The van der Waals surface area contributed by atoms with Crippen LogP contribution in [0.3, 0.4) is 0 Å². The van der Waals surface area contributed by atoms with Gasteiger partial charge in [-0.1, -0.05) is 27.7 Å². The minimum absolute atomic E-state index is 0.00739. The lowest BCUT2D eigenvalue weighted by atomic mass is 10.1. The number of carbonyl (C=O) groups is 1. The highest BCUT2D eigenvalue weighted by Gasteiger charge is 2.30. The smallest absolute Gasteiger partial charge is 0.339 e. The molecule has 6 nitrogen and oxygen atoms in total. The molecule has 3 rings (SSSR count). The number of carbonyl (C=O) groups excluding carboxylic acids is 1. The van der Waals surface area contributed by atoms with Gasteiger partial charge in [-0.25, -0.2) is 4.98 Å². The summed E-state index contributed by atoms with van der Waals surface area (Å²) in [5.41, 5.74) is 7.60. The lowest BCUT2D eigenvalue weighted by Crippen LogP contribution is -2.34. The fourth-order valence-corrected chi connectivity index (χ4v) is 4.02. The van der Waals surface area contributed by atoms with Crippen LogP contribution in [0.1, 0.15) is 62.9 Å². The van der Waals surface area contributed by atoms with Gasteiger partial charge in [-0.3, -0.25) is 4.79 Å². The van der Waals surface area contributed by atoms with E-state index in [1.807, 2.05) is 21.6 Å². The summed E-state index contributed by atoms with van der Waals surface area (Å²) in [6.07, 6.45) is -1.85. The van der Waals surface area contributed by atoms with E-state index >= 15 is 0 Å². The highest BCUT2D eigenvalue weighted by molar-refractivity contribution is 5.98. The van der Waals surface area contributed by atoms with Crippen molar-refractivity contribution in [1.29, 1.82) is 0 Å². The fourth-order valence-electron chi connectivity index (χ4n) is 4.02. The predicted molar refractivity (Wildman–Crippen MR) is 143 cm³/mol. The molecule has 0 fully saturated rings. The van der Waals surface area contributed by atoms with Crippen molar-refractivity contribution in [1.82, 2.24) is 14.5 Å². The second kappa shape index (κ2) is 12.4. The number of aromatic nitrogens is 2. The molecular formula is C28H38F3N5O. The van der Waals surface area contributed by atoms with Gasteiger partial charge in [0, 0.05) is 30.9 Å². The molecule has 0 spiro atoms. The zero-order valence-electron chi connectivity index (χ0n) is 22.1. The van der Waals surface area contributed by atoms with Crippen molar-refractivity contribution in [3.63, 3.8) is 0 Å². The molecule has 0 saturated heterocycles. The van der Waals surface area contributed by atoms with Gasteiger partial charge < -0.3 is 20.5 Å². The Morgan fingerprint density at radius 1 is 1.03 bits per heavy atom. The van der Waals surface area contributed by atoms with Gasteiger partial charge in [0.1, 0.15) is 0 Å². The van der Waals surface area contributed by atoms with E-state index in [2.05, 4.69) is 38.0 Å². The SMILES string of the molecule is CC(C)CCN(CCC(C)C)C(=O)c1ccc2nc(Nc3ccc(C(F)(F)F)cc3)n(CCCN)c2c1. The van der Waals surface area contributed by atoms with E-state index in [1.54, 1.807) is 6.07 Å². The van der Waals surface area contributed by atoms with Crippen LogP contribution in [-0.2, 0) is 12.7 Å². The van der Waals surface area contributed by atoms with Gasteiger partial charge in [0.2, 0.25) is 5.95 Å². The van der Waals surface area contributed by atoms with E-state index in [1.165, 1.54) is 12.1 Å². The number of hydrogen-bond acceptors (Lipinski definition) is 4. The summed E-state index contributed by atoms with van der Waals surface area (Å²) in [6, 6.07) is 10.3. The molecule has 1 amide bonds. The maximum absolute atomic E-state index is 13.5. The highest BCUT2D eigenvalue weighted by Crippen LogP contribution is 2.31. The van der Waals surface area contributed by atoms with Crippen LogP contribution in [0, 0.1) is 11.8 Å². The van der Waals surface area contributed by atoms with Crippen molar-refractivity contribution in [3.8, 4) is 0 Å². The van der Waals surface area contributed by atoms with Gasteiger partial charge in [-0.05, 0) is 80.1 Å². The zero-order valence-corrected chi connectivity index (χ0v) is 22.1. The number of alkyl halides is 3. The molecule has 0 aliphatic carbocycles. The number of imidazole rings is 1. The van der Waals surface area contributed by atoms with Crippen LogP contribution in [0.15, 0.2) is 42.5 Å². The maximum Gasteiger partial charge on any atom is 0.416 e. The maximum atomic E-state index is 13.5. The Balaban J connectivity index is 1.93. The first kappa shape index (κ1) is 28.5. The first-order valence-corrected chi connectivity index (χ1v) is 12.9. The number of benzene rings is 2. The van der Waals surface area contributed by atoms with E-state index in [0.717, 1.165) is 30.5 Å². The van der Waals surface area contributed by atoms with Crippen molar-refractivity contribution in [2.75, 3.05) is 25.0 Å². The molecule has 0 aliphatic heterocycles. The van der Waals surface area contributed by atoms with E-state index in [0.29, 0.717) is 67.2 Å². The summed E-state index contributed by atoms with van der Waals surface area (Å²) in [6.45, 7) is 11.0. The van der Waals surface area contributed by atoms with Gasteiger partial charge in [-0.2, -0.15) is 13.2 Å². The molecule has 0 bridgehead atoms. The van der Waals surface area contributed by atoms with Crippen LogP contribution >= 0.6 is 0 Å². The number of halogens is 3. The van der Waals surface area contributed by atoms with Crippen LogP contribution in [0.4, 0.5) is 24.8 Å². The number of nitrogens with zero attached hydrogens (tertiary/aromatic N) is 3. The minimum atomic E-state index is -4.39. The normalized spacial score (nSPS) is 12.1. The van der Waals surface area contributed by atoms with Crippen LogP contribution in [0.2, 0.25) is 0 Å². The summed E-state index contributed by atoms with van der Waals surface area (Å²) in [5.74, 6) is 1.47. The largest absolute Gasteiger partial charge is 0.416 e. The Bertz CT molecular complexity index is 1160. The molecule has 3 N–H and O–H groups in total. The van der Waals surface area contributed by atoms with Crippen LogP contribution in [0.5, 0.6) is 0 Å². The average molecular weight is 518 g/mol. The van der Waals surface area contributed by atoms with Crippen molar-refractivity contribution in [2.24, 2.45) is 17.6 Å². The summed E-state index contributed by atoms with van der Waals surface area (Å²) < 4.78 is 40.8. The summed E-state index contributed by atoms with van der Waals surface area (Å²) in [7, 11) is 0. The Hall–Kier alpha value is -3.07. The highest BCUT2D eigenvalue weighted by atomic mass is 19.4. The van der Waals surface area contributed by atoms with E-state index < -0.39 is 11.7 Å². The third-order valence-electron chi connectivity index (χ3n) is 6.29. The molecule has 1 heterocycles. The van der Waals surface area contributed by atoms with E-state index in [4.69, 9.17) is 5.73 Å². The lowest BCUT2D eigenvalue weighted by Gasteiger charge is -2.24. The molecular weight excluding hydrogens is 479 g/mol. The molecule has 1 aromatic heterocycles. The molecule has 0 saturated carbocycles. The molecule has 0 unspecified atom stereocenters. The molecule has 0 aliphatic rings. The number of fused-ring (bicyclic) bond motifs is 1. The average Bonchev–Trinajstić information content (AvgIpc) is 3.17. The predicted octanol–water partition coefficient (Wildman–Crippen LogP) is 6.68. The molecule has 0 atom stereocenters. The number of aryl methyl sites for hydroxylation is 1. The van der Waals surface area contributed by atoms with E-state index in [-0.39, 0.29) is 5.91 Å². The summed E-state index contributed by atoms with van der Waals surface area (Å²) in [4.78, 5) is 20.1. The molecule has 202 valence electrons. The molecule has 9 heteroatoms. The molecule has 0 radical (unpaired) electrons. The summed E-state index contributed by atoms with van der Waals surface area (Å²) >= 11 is 0. The molecule has 3 aromatic rings. The number of rotatable bonds is 12. The number of hydrogen-bond donors (Lipinski definition) is 2. The standard InChI is InChI=1S/C28H38F3N5O/c1-19(2)12-16-35(17-13-20(3)4)26(37)21-6-11-24-25(18-21)36(15-5-14-32)27(34-24)33-23-9-7-22(8-10-23)28(29,30)31/h6-11,18-20H,5,12-17,32H2,1-4H3,(H,33,34). The number of nitrogens with one attached hydrogen (secondary N) is 1. The molecule has 2 aromatic carbocycles. The second-order valence-corrected chi connectivity index (χ2v) is 10.3. The summed E-state index contributed by atoms with van der Waals surface area (Å²) in [5, 5.41) is 3.13. The van der Waals surface area contributed by atoms with Gasteiger partial charge >= 0.3 is 6.18 Å². The molecule has 37 heavy (non-hydrogen) atoms. The third-order valence-corrected chi connectivity index (χ3v) is 6.29. The number of amides is 1. The first-order chi connectivity index (χ1) is 17.5. The minimum Gasteiger partial charge on any atom is -0.339 e. The van der Waals surface area contributed by atoms with Crippen LogP contribution in [0.25, 0.3) is 11.0 Å². The van der Waals surface area contributed by atoms with Crippen molar-refractivity contribution >= 4 is 28.6 Å². The Morgan fingerprint density at radius 3 is 2.19 bits per heavy atom. The fraction of sp³-hybridized carbons (Fsp3) is 0.500. The lowest BCUT2D eigenvalue weighted by molar-refractivity contribution is -0.137. The van der Waals surface area contributed by atoms with Crippen LogP contribution in [-0.4, -0.2) is 40.0 Å². The second-order valence-electron chi connectivity index (χ2n) is 10.3. The quantitative estimate of drug-likeness (QED) is 0.281. The van der Waals surface area contributed by atoms with Crippen LogP contribution < -0.4 is 11.1 Å². The monoisotopic (exact) mass is 517 g/mol. The van der Waals surface area contributed by atoms with Gasteiger partial charge in [0.05, 0.1) is 16.6 Å². The van der Waals surface area contributed by atoms with Gasteiger partial charge in [-0.15, -0.1) is 0 Å². The Labute approximate surface area is 217 Å².